The second kappa shape index (κ2) is 8.35. The first-order chi connectivity index (χ1) is 10.3. The van der Waals surface area contributed by atoms with Crippen molar-refractivity contribution >= 4 is 20.5 Å². The second-order valence-corrected chi connectivity index (χ2v) is 7.33. The van der Waals surface area contributed by atoms with Crippen molar-refractivity contribution in [2.75, 3.05) is 0 Å². The molecule has 2 aromatic carbocycles. The molecule has 0 aliphatic rings. The molecular weight excluding hydrogens is 319 g/mol. The van der Waals surface area contributed by atoms with Crippen LogP contribution in [-0.2, 0) is 0 Å². The van der Waals surface area contributed by atoms with E-state index in [4.69, 9.17) is 0 Å². The van der Waals surface area contributed by atoms with Gasteiger partial charge in [-0.15, -0.1) is 0 Å². The Bertz CT molecular complexity index is 668. The summed E-state index contributed by atoms with van der Waals surface area (Å²) in [5.74, 6) is 6.72. The summed E-state index contributed by atoms with van der Waals surface area (Å²) in [4.78, 5) is 0.239. The van der Waals surface area contributed by atoms with Crippen molar-refractivity contribution in [3.63, 3.8) is 0 Å². The minimum absolute atomic E-state index is 0.239. The summed E-state index contributed by atoms with van der Waals surface area (Å²) in [6.07, 6.45) is 0. The molecule has 0 nitrogen and oxygen atoms in total. The van der Waals surface area contributed by atoms with Gasteiger partial charge in [0.15, 0.2) is 0 Å². The van der Waals surface area contributed by atoms with Crippen LogP contribution >= 0.6 is 0 Å². The molecule has 0 bridgehead atoms. The predicted molar refractivity (Wildman–Crippen MR) is 92.3 cm³/mol. The molecule has 1 unspecified atom stereocenters. The van der Waals surface area contributed by atoms with E-state index in [1.165, 1.54) is 5.56 Å². The van der Waals surface area contributed by atoms with Crippen molar-refractivity contribution in [3.8, 4) is 11.8 Å². The number of rotatable bonds is 4. The molecule has 0 heterocycles. The Kier molecular flexibility index (Phi) is 6.14. The monoisotopic (exact) mass is 338 g/mol. The van der Waals surface area contributed by atoms with Crippen LogP contribution in [0.3, 0.4) is 0 Å². The third kappa shape index (κ3) is 4.52. The molecule has 0 aliphatic heterocycles. The van der Waals surface area contributed by atoms with Gasteiger partial charge in [0.1, 0.15) is 0 Å². The molecule has 1 heteroatoms. The third-order valence-corrected chi connectivity index (χ3v) is 5.13. The summed E-state index contributed by atoms with van der Waals surface area (Å²) in [6, 6.07) is 20.5. The SMILES string of the molecule is C=C=C(c1ccccc1)C(C#Cc1ccccc1)[Se]CC. The maximum atomic E-state index is 3.88. The van der Waals surface area contributed by atoms with Gasteiger partial charge in [-0.2, -0.15) is 0 Å². The van der Waals surface area contributed by atoms with E-state index in [0.717, 1.165) is 16.5 Å². The first-order valence-corrected chi connectivity index (χ1v) is 9.18. The van der Waals surface area contributed by atoms with E-state index in [-0.39, 0.29) is 4.82 Å². The molecular formula is C20H18Se. The zero-order valence-corrected chi connectivity index (χ0v) is 13.9. The van der Waals surface area contributed by atoms with Gasteiger partial charge in [-0.3, -0.25) is 0 Å². The number of allylic oxidation sites excluding steroid dienone is 1. The number of hydrogen-bond donors (Lipinski definition) is 0. The molecule has 0 fully saturated rings. The van der Waals surface area contributed by atoms with Gasteiger partial charge in [0.05, 0.1) is 0 Å². The van der Waals surface area contributed by atoms with Gasteiger partial charge in [-0.05, 0) is 0 Å². The molecule has 0 aliphatic carbocycles. The van der Waals surface area contributed by atoms with Crippen LogP contribution in [0.15, 0.2) is 73.0 Å². The van der Waals surface area contributed by atoms with Gasteiger partial charge in [-0.25, -0.2) is 0 Å². The Balaban J connectivity index is 2.31. The molecule has 0 spiro atoms. The average Bonchev–Trinajstić information content (AvgIpc) is 2.55. The van der Waals surface area contributed by atoms with E-state index in [9.17, 15) is 0 Å². The Morgan fingerprint density at radius 1 is 1.05 bits per heavy atom. The van der Waals surface area contributed by atoms with E-state index in [1.807, 2.05) is 48.5 Å². The maximum absolute atomic E-state index is 3.88. The summed E-state index contributed by atoms with van der Waals surface area (Å²) in [6.45, 7) is 6.09. The Hall–Kier alpha value is -1.96. The van der Waals surface area contributed by atoms with Gasteiger partial charge in [0.25, 0.3) is 0 Å². The molecule has 104 valence electrons. The molecule has 0 radical (unpaired) electrons. The van der Waals surface area contributed by atoms with E-state index < -0.39 is 0 Å². The fraction of sp³-hybridized carbons (Fsp3) is 0.150. The second-order valence-electron chi connectivity index (χ2n) is 4.43. The Morgan fingerprint density at radius 2 is 1.67 bits per heavy atom. The first kappa shape index (κ1) is 15.4. The van der Waals surface area contributed by atoms with Crippen LogP contribution in [-0.4, -0.2) is 15.0 Å². The summed E-state index contributed by atoms with van der Waals surface area (Å²) in [5, 5.41) is 1.15. The van der Waals surface area contributed by atoms with Crippen molar-refractivity contribution in [1.29, 1.82) is 0 Å². The van der Waals surface area contributed by atoms with Gasteiger partial charge in [0, 0.05) is 0 Å². The molecule has 0 saturated carbocycles. The van der Waals surface area contributed by atoms with Crippen molar-refractivity contribution < 1.29 is 0 Å². The fourth-order valence-electron chi connectivity index (χ4n) is 2.00. The molecule has 2 rings (SSSR count). The summed E-state index contributed by atoms with van der Waals surface area (Å²) >= 11 is 0.428. The third-order valence-electron chi connectivity index (χ3n) is 2.99. The summed E-state index contributed by atoms with van der Waals surface area (Å²) in [7, 11) is 0. The number of benzene rings is 2. The van der Waals surface area contributed by atoms with Crippen LogP contribution in [0, 0.1) is 11.8 Å². The van der Waals surface area contributed by atoms with E-state index in [2.05, 4.69) is 43.2 Å². The van der Waals surface area contributed by atoms with Crippen LogP contribution in [0.4, 0.5) is 0 Å². The average molecular weight is 337 g/mol. The Morgan fingerprint density at radius 3 is 2.24 bits per heavy atom. The van der Waals surface area contributed by atoms with Crippen molar-refractivity contribution in [2.45, 2.75) is 17.1 Å². The quantitative estimate of drug-likeness (QED) is 0.426. The van der Waals surface area contributed by atoms with Crippen LogP contribution in [0.2, 0.25) is 10.1 Å². The molecule has 0 saturated heterocycles. The van der Waals surface area contributed by atoms with Crippen LogP contribution in [0.25, 0.3) is 5.57 Å². The van der Waals surface area contributed by atoms with Crippen LogP contribution in [0.5, 0.6) is 0 Å². The zero-order valence-electron chi connectivity index (χ0n) is 12.2. The predicted octanol–water partition coefficient (Wildman–Crippen LogP) is 4.84. The van der Waals surface area contributed by atoms with Crippen LogP contribution < -0.4 is 0 Å². The van der Waals surface area contributed by atoms with Gasteiger partial charge in [0.2, 0.25) is 0 Å². The minimum atomic E-state index is 0.239. The molecule has 0 amide bonds. The molecule has 0 aromatic heterocycles. The van der Waals surface area contributed by atoms with Gasteiger partial charge < -0.3 is 0 Å². The number of hydrogen-bond acceptors (Lipinski definition) is 0. The molecule has 2 aromatic rings. The zero-order chi connectivity index (χ0) is 14.9. The van der Waals surface area contributed by atoms with Crippen molar-refractivity contribution in [2.24, 2.45) is 0 Å². The van der Waals surface area contributed by atoms with Crippen LogP contribution in [0.1, 0.15) is 18.1 Å². The Labute approximate surface area is 133 Å². The van der Waals surface area contributed by atoms with E-state index in [0.29, 0.717) is 15.0 Å². The normalized spacial score (nSPS) is 10.9. The molecule has 21 heavy (non-hydrogen) atoms. The standard InChI is InChI=1S/C20H18Se/c1-3-19(18-13-9-6-10-14-18)20(21-4-2)16-15-17-11-7-5-8-12-17/h5-14,20H,1,4H2,2H3. The topological polar surface area (TPSA) is 0 Å². The molecule has 1 atom stereocenters. The van der Waals surface area contributed by atoms with E-state index in [1.54, 1.807) is 0 Å². The van der Waals surface area contributed by atoms with Crippen molar-refractivity contribution in [3.05, 3.63) is 84.1 Å². The van der Waals surface area contributed by atoms with Gasteiger partial charge >= 0.3 is 134 Å². The van der Waals surface area contributed by atoms with Gasteiger partial charge in [-0.1, -0.05) is 0 Å². The summed E-state index contributed by atoms with van der Waals surface area (Å²) in [5.41, 5.74) is 6.48. The first-order valence-electron chi connectivity index (χ1n) is 6.98. The fourth-order valence-corrected chi connectivity index (χ4v) is 3.81. The molecule has 0 N–H and O–H groups in total. The van der Waals surface area contributed by atoms with Crippen molar-refractivity contribution in [1.82, 2.24) is 0 Å². The van der Waals surface area contributed by atoms with E-state index >= 15 is 0 Å². The summed E-state index contributed by atoms with van der Waals surface area (Å²) < 4.78 is 0.